The summed E-state index contributed by atoms with van der Waals surface area (Å²) in [6, 6.07) is 9.03. The lowest BCUT2D eigenvalue weighted by Gasteiger charge is -2.15. The van der Waals surface area contributed by atoms with Crippen molar-refractivity contribution in [1.82, 2.24) is 0 Å². The quantitative estimate of drug-likeness (QED) is 0.732. The number of hydrogen-bond donors (Lipinski definition) is 1. The molecule has 0 aliphatic carbocycles. The molecule has 2 atom stereocenters. The number of anilines is 1. The number of benzene rings is 2. The first kappa shape index (κ1) is 20.5. The summed E-state index contributed by atoms with van der Waals surface area (Å²) in [5.74, 6) is -1.06. The molecule has 0 saturated heterocycles. The average Bonchev–Trinajstić information content (AvgIpc) is 2.57. The van der Waals surface area contributed by atoms with Crippen LogP contribution >= 0.6 is 11.6 Å². The molecule has 0 heterocycles. The highest BCUT2D eigenvalue weighted by atomic mass is 35.5. The second-order valence-corrected chi connectivity index (χ2v) is 9.77. The third-order valence-corrected chi connectivity index (χ3v) is 6.78. The second kappa shape index (κ2) is 8.28. The Bertz CT molecular complexity index is 946. The first-order valence-corrected chi connectivity index (χ1v) is 11.1. The zero-order chi connectivity index (χ0) is 19.5. The van der Waals surface area contributed by atoms with Crippen molar-refractivity contribution in [3.8, 4) is 0 Å². The number of rotatable bonds is 6. The van der Waals surface area contributed by atoms with E-state index in [0.29, 0.717) is 5.56 Å². The molecule has 0 aromatic heterocycles. The zero-order valence-electron chi connectivity index (χ0n) is 14.0. The Morgan fingerprint density at radius 1 is 1.23 bits per heavy atom. The summed E-state index contributed by atoms with van der Waals surface area (Å²) in [5, 5.41) is 1.31. The number of nitrogens with one attached hydrogen (secondary N) is 1. The largest absolute Gasteiger partial charge is 0.324 e. The predicted molar refractivity (Wildman–Crippen MR) is 101 cm³/mol. The van der Waals surface area contributed by atoms with E-state index in [1.54, 1.807) is 24.5 Å². The van der Waals surface area contributed by atoms with Crippen LogP contribution in [0.1, 0.15) is 12.5 Å². The van der Waals surface area contributed by atoms with E-state index in [1.165, 1.54) is 6.92 Å². The Hall–Kier alpha value is -1.77. The van der Waals surface area contributed by atoms with Gasteiger partial charge in [0.25, 0.3) is 0 Å². The fraction of sp³-hybridized carbons (Fsp3) is 0.235. The van der Waals surface area contributed by atoms with Crippen LogP contribution in [0.25, 0.3) is 0 Å². The lowest BCUT2D eigenvalue weighted by molar-refractivity contribution is -0.115. The van der Waals surface area contributed by atoms with E-state index < -0.39 is 37.6 Å². The van der Waals surface area contributed by atoms with E-state index in [-0.39, 0.29) is 21.4 Å². The molecule has 0 saturated carbocycles. The summed E-state index contributed by atoms with van der Waals surface area (Å²) in [6.07, 6.45) is 1.55. The van der Waals surface area contributed by atoms with Gasteiger partial charge in [0.05, 0.1) is 15.6 Å². The van der Waals surface area contributed by atoms with Crippen LogP contribution in [0.2, 0.25) is 5.02 Å². The van der Waals surface area contributed by atoms with Crippen molar-refractivity contribution in [2.24, 2.45) is 0 Å². The van der Waals surface area contributed by atoms with E-state index in [9.17, 15) is 21.8 Å². The predicted octanol–water partition coefficient (Wildman–Crippen LogP) is 3.16. The highest BCUT2D eigenvalue weighted by Crippen LogP contribution is 2.25. The lowest BCUT2D eigenvalue weighted by Crippen LogP contribution is -2.32. The summed E-state index contributed by atoms with van der Waals surface area (Å²) in [5.41, 5.74) is 0.931. The smallest absolute Gasteiger partial charge is 0.242 e. The standard InChI is InChI=1S/C17H17ClFNO4S2/c1-11(26(23,24)14-6-4-13(19)5-7-14)17(21)20-16-9-12(10-25(2)22)3-8-15(16)18/h3-9,11H,10H2,1-2H3,(H,20,21). The maximum Gasteiger partial charge on any atom is 0.242 e. The normalized spacial score (nSPS) is 13.8. The van der Waals surface area contributed by atoms with Gasteiger partial charge in [0.15, 0.2) is 9.84 Å². The zero-order valence-corrected chi connectivity index (χ0v) is 16.4. The summed E-state index contributed by atoms with van der Waals surface area (Å²) < 4.78 is 49.4. The molecule has 0 aliphatic rings. The molecule has 2 rings (SSSR count). The molecular weight excluding hydrogens is 401 g/mol. The maximum atomic E-state index is 13.0. The van der Waals surface area contributed by atoms with Gasteiger partial charge < -0.3 is 5.32 Å². The van der Waals surface area contributed by atoms with Gasteiger partial charge in [-0.05, 0) is 48.9 Å². The van der Waals surface area contributed by atoms with E-state index >= 15 is 0 Å². The monoisotopic (exact) mass is 417 g/mol. The molecule has 2 aromatic carbocycles. The first-order valence-electron chi connectivity index (χ1n) is 7.50. The fourth-order valence-electron chi connectivity index (χ4n) is 2.20. The Balaban J connectivity index is 2.23. The lowest BCUT2D eigenvalue weighted by atomic mass is 10.2. The number of hydrogen-bond acceptors (Lipinski definition) is 4. The summed E-state index contributed by atoms with van der Waals surface area (Å²) in [4.78, 5) is 12.3. The van der Waals surface area contributed by atoms with Crippen LogP contribution in [0.15, 0.2) is 47.4 Å². The minimum absolute atomic E-state index is 0.150. The van der Waals surface area contributed by atoms with Gasteiger partial charge in [-0.3, -0.25) is 9.00 Å². The summed E-state index contributed by atoms with van der Waals surface area (Å²) in [7, 11) is -5.06. The van der Waals surface area contributed by atoms with Crippen LogP contribution in [0.3, 0.4) is 0 Å². The van der Waals surface area contributed by atoms with Gasteiger partial charge in [0.2, 0.25) is 5.91 Å². The second-order valence-electron chi connectivity index (χ2n) is 5.66. The Morgan fingerprint density at radius 3 is 2.42 bits per heavy atom. The molecule has 1 amide bonds. The Morgan fingerprint density at radius 2 is 1.85 bits per heavy atom. The van der Waals surface area contributed by atoms with Crippen LogP contribution in [0, 0.1) is 5.82 Å². The van der Waals surface area contributed by atoms with Crippen molar-refractivity contribution in [2.75, 3.05) is 11.6 Å². The van der Waals surface area contributed by atoms with Crippen molar-refractivity contribution in [1.29, 1.82) is 0 Å². The minimum Gasteiger partial charge on any atom is -0.324 e. The van der Waals surface area contributed by atoms with Crippen LogP contribution < -0.4 is 5.32 Å². The third kappa shape index (κ3) is 4.90. The van der Waals surface area contributed by atoms with Gasteiger partial charge in [0.1, 0.15) is 11.1 Å². The van der Waals surface area contributed by atoms with Gasteiger partial charge in [-0.2, -0.15) is 0 Å². The van der Waals surface area contributed by atoms with Crippen LogP contribution in [-0.4, -0.2) is 30.0 Å². The van der Waals surface area contributed by atoms with Crippen molar-refractivity contribution >= 4 is 43.8 Å². The number of amides is 1. The molecule has 2 aromatic rings. The topological polar surface area (TPSA) is 80.3 Å². The molecule has 0 aliphatic heterocycles. The van der Waals surface area contributed by atoms with Gasteiger partial charge in [-0.1, -0.05) is 17.7 Å². The summed E-state index contributed by atoms with van der Waals surface area (Å²) >= 11 is 6.05. The molecule has 2 unspecified atom stereocenters. The third-order valence-electron chi connectivity index (χ3n) is 3.64. The summed E-state index contributed by atoms with van der Waals surface area (Å²) in [6.45, 7) is 1.24. The van der Waals surface area contributed by atoms with E-state index in [2.05, 4.69) is 5.32 Å². The number of carbonyl (C=O) groups is 1. The molecule has 5 nitrogen and oxygen atoms in total. The van der Waals surface area contributed by atoms with Crippen molar-refractivity contribution < 1.29 is 21.8 Å². The van der Waals surface area contributed by atoms with Gasteiger partial charge in [0, 0.05) is 22.8 Å². The van der Waals surface area contributed by atoms with E-state index in [4.69, 9.17) is 11.6 Å². The van der Waals surface area contributed by atoms with Gasteiger partial charge >= 0.3 is 0 Å². The number of halogens is 2. The molecule has 0 radical (unpaired) electrons. The maximum absolute atomic E-state index is 13.0. The molecule has 140 valence electrons. The van der Waals surface area contributed by atoms with Gasteiger partial charge in [-0.15, -0.1) is 0 Å². The van der Waals surface area contributed by atoms with Crippen LogP contribution in [0.5, 0.6) is 0 Å². The van der Waals surface area contributed by atoms with Crippen molar-refractivity contribution in [3.63, 3.8) is 0 Å². The highest BCUT2D eigenvalue weighted by Gasteiger charge is 2.30. The number of carbonyl (C=O) groups excluding carboxylic acids is 1. The van der Waals surface area contributed by atoms with E-state index in [1.807, 2.05) is 0 Å². The Kier molecular flexibility index (Phi) is 6.54. The molecule has 0 fully saturated rings. The van der Waals surface area contributed by atoms with E-state index in [0.717, 1.165) is 24.3 Å². The molecule has 1 N–H and O–H groups in total. The van der Waals surface area contributed by atoms with Gasteiger partial charge in [-0.25, -0.2) is 12.8 Å². The van der Waals surface area contributed by atoms with Crippen molar-refractivity contribution in [2.45, 2.75) is 22.8 Å². The molecule has 0 bridgehead atoms. The molecular formula is C17H17ClFNO4S2. The Labute approximate surface area is 158 Å². The first-order chi connectivity index (χ1) is 12.1. The highest BCUT2D eigenvalue weighted by molar-refractivity contribution is 7.92. The molecule has 26 heavy (non-hydrogen) atoms. The fourth-order valence-corrected chi connectivity index (χ4v) is 4.27. The van der Waals surface area contributed by atoms with Crippen molar-refractivity contribution in [3.05, 3.63) is 58.9 Å². The minimum atomic E-state index is -3.99. The molecule has 9 heteroatoms. The number of sulfone groups is 1. The average molecular weight is 418 g/mol. The van der Waals surface area contributed by atoms with Crippen LogP contribution in [0.4, 0.5) is 10.1 Å². The molecule has 0 spiro atoms. The van der Waals surface area contributed by atoms with Crippen LogP contribution in [-0.2, 0) is 31.2 Å². The SMILES string of the molecule is CC(C(=O)Nc1cc(CS(C)=O)ccc1Cl)S(=O)(=O)c1ccc(F)cc1.